The lowest BCUT2D eigenvalue weighted by Crippen LogP contribution is -2.32. The zero-order valence-corrected chi connectivity index (χ0v) is 11.9. The van der Waals surface area contributed by atoms with Gasteiger partial charge in [0.25, 0.3) is 5.91 Å². The summed E-state index contributed by atoms with van der Waals surface area (Å²) in [5, 5.41) is 0. The van der Waals surface area contributed by atoms with Crippen molar-refractivity contribution in [2.45, 2.75) is 6.10 Å². The van der Waals surface area contributed by atoms with Crippen LogP contribution in [0.1, 0.15) is 11.7 Å². The Morgan fingerprint density at radius 3 is 2.82 bits per heavy atom. The molecule has 1 atom stereocenters. The highest BCUT2D eigenvalue weighted by Gasteiger charge is 2.28. The average Bonchev–Trinajstić information content (AvgIpc) is 3.04. The van der Waals surface area contributed by atoms with Crippen LogP contribution in [0, 0.1) is 5.82 Å². The lowest BCUT2D eigenvalue weighted by Gasteiger charge is -2.14. The second kappa shape index (κ2) is 6.58. The molecule has 2 aromatic carbocycles. The maximum absolute atomic E-state index is 13.0. The first-order chi connectivity index (χ1) is 10.7. The topological polar surface area (TPSA) is 38.8 Å². The molecule has 1 heterocycles. The number of nitrogens with zero attached hydrogens (tertiary/aromatic N) is 1. The van der Waals surface area contributed by atoms with Crippen molar-refractivity contribution in [3.05, 3.63) is 66.0 Å². The second-order valence-electron chi connectivity index (χ2n) is 5.06. The third kappa shape index (κ3) is 3.43. The predicted molar refractivity (Wildman–Crippen MR) is 78.7 cm³/mol. The fourth-order valence-corrected chi connectivity index (χ4v) is 2.32. The van der Waals surface area contributed by atoms with E-state index in [-0.39, 0.29) is 25.3 Å². The number of carbonyl (C=O) groups is 1. The monoisotopic (exact) mass is 301 g/mol. The van der Waals surface area contributed by atoms with Crippen molar-refractivity contribution in [2.75, 3.05) is 19.9 Å². The number of benzene rings is 2. The van der Waals surface area contributed by atoms with E-state index in [0.717, 1.165) is 5.56 Å². The Morgan fingerprint density at radius 1 is 1.23 bits per heavy atom. The van der Waals surface area contributed by atoms with Crippen LogP contribution in [0.3, 0.4) is 0 Å². The smallest absolute Gasteiger partial charge is 0.262 e. The largest absolute Gasteiger partial charge is 0.484 e. The van der Waals surface area contributed by atoms with Crippen LogP contribution in [-0.2, 0) is 9.53 Å². The van der Waals surface area contributed by atoms with Gasteiger partial charge in [0, 0.05) is 6.07 Å². The summed E-state index contributed by atoms with van der Waals surface area (Å²) in [6.07, 6.45) is -0.112. The highest BCUT2D eigenvalue weighted by atomic mass is 19.1. The van der Waals surface area contributed by atoms with Crippen molar-refractivity contribution in [1.82, 2.24) is 4.90 Å². The summed E-state index contributed by atoms with van der Waals surface area (Å²) in [6, 6.07) is 15.5. The molecule has 0 aromatic heterocycles. The van der Waals surface area contributed by atoms with E-state index >= 15 is 0 Å². The minimum Gasteiger partial charge on any atom is -0.484 e. The van der Waals surface area contributed by atoms with Crippen LogP contribution in [-0.4, -0.2) is 30.7 Å². The van der Waals surface area contributed by atoms with Crippen molar-refractivity contribution in [3.8, 4) is 5.75 Å². The minimum atomic E-state index is -0.390. The number of amides is 1. The molecule has 0 radical (unpaired) electrons. The van der Waals surface area contributed by atoms with Crippen molar-refractivity contribution in [3.63, 3.8) is 0 Å². The first kappa shape index (κ1) is 14.5. The maximum atomic E-state index is 13.0. The molecular weight excluding hydrogens is 285 g/mol. The standard InChI is InChI=1S/C17H16FNO3/c18-14-7-4-8-15(9-14)21-11-17(20)19-10-16(22-12-19)13-5-2-1-3-6-13/h1-9,16H,10-12H2. The third-order valence-electron chi connectivity index (χ3n) is 3.50. The lowest BCUT2D eigenvalue weighted by molar-refractivity contribution is -0.133. The fourth-order valence-electron chi connectivity index (χ4n) is 2.32. The Hall–Kier alpha value is -2.40. The van der Waals surface area contributed by atoms with Crippen LogP contribution in [0.5, 0.6) is 5.75 Å². The molecule has 22 heavy (non-hydrogen) atoms. The van der Waals surface area contributed by atoms with E-state index in [2.05, 4.69) is 0 Å². The molecule has 4 nitrogen and oxygen atoms in total. The van der Waals surface area contributed by atoms with Crippen molar-refractivity contribution >= 4 is 5.91 Å². The van der Waals surface area contributed by atoms with Gasteiger partial charge in [0.1, 0.15) is 24.4 Å². The first-order valence-electron chi connectivity index (χ1n) is 7.05. The van der Waals surface area contributed by atoms with Gasteiger partial charge in [0.15, 0.2) is 6.61 Å². The van der Waals surface area contributed by atoms with E-state index in [4.69, 9.17) is 9.47 Å². The lowest BCUT2D eigenvalue weighted by atomic mass is 10.1. The van der Waals surface area contributed by atoms with Gasteiger partial charge in [-0.25, -0.2) is 4.39 Å². The van der Waals surface area contributed by atoms with Crippen LogP contribution in [0.2, 0.25) is 0 Å². The van der Waals surface area contributed by atoms with E-state index < -0.39 is 5.82 Å². The van der Waals surface area contributed by atoms with Crippen molar-refractivity contribution < 1.29 is 18.7 Å². The molecule has 1 unspecified atom stereocenters. The molecule has 114 valence electrons. The Labute approximate surface area is 128 Å². The highest BCUT2D eigenvalue weighted by Crippen LogP contribution is 2.24. The van der Waals surface area contributed by atoms with Crippen molar-refractivity contribution in [1.29, 1.82) is 0 Å². The minimum absolute atomic E-state index is 0.112. The van der Waals surface area contributed by atoms with Gasteiger partial charge in [-0.15, -0.1) is 0 Å². The summed E-state index contributed by atoms with van der Waals surface area (Å²) >= 11 is 0. The summed E-state index contributed by atoms with van der Waals surface area (Å²) < 4.78 is 24.0. The van der Waals surface area contributed by atoms with Gasteiger partial charge in [0.05, 0.1) is 6.54 Å². The summed E-state index contributed by atoms with van der Waals surface area (Å²) in [6.45, 7) is 0.606. The van der Waals surface area contributed by atoms with Gasteiger partial charge in [0.2, 0.25) is 0 Å². The van der Waals surface area contributed by atoms with E-state index in [1.165, 1.54) is 12.1 Å². The maximum Gasteiger partial charge on any atom is 0.262 e. The highest BCUT2D eigenvalue weighted by molar-refractivity contribution is 5.77. The summed E-state index contributed by atoms with van der Waals surface area (Å²) in [7, 11) is 0. The SMILES string of the molecule is O=C(COc1cccc(F)c1)N1COC(c2ccccc2)C1. The van der Waals surface area contributed by atoms with Gasteiger partial charge < -0.3 is 14.4 Å². The number of hydrogen-bond donors (Lipinski definition) is 0. The summed E-state index contributed by atoms with van der Waals surface area (Å²) in [4.78, 5) is 13.7. The molecule has 1 fully saturated rings. The van der Waals surface area contributed by atoms with Gasteiger partial charge >= 0.3 is 0 Å². The fraction of sp³-hybridized carbons (Fsp3) is 0.235. The average molecular weight is 301 g/mol. The van der Waals surface area contributed by atoms with E-state index in [1.54, 1.807) is 17.0 Å². The third-order valence-corrected chi connectivity index (χ3v) is 3.50. The van der Waals surface area contributed by atoms with Gasteiger partial charge in [-0.1, -0.05) is 36.4 Å². The Morgan fingerprint density at radius 2 is 2.05 bits per heavy atom. The van der Waals surface area contributed by atoms with Gasteiger partial charge in [-0.2, -0.15) is 0 Å². The molecule has 1 aliphatic rings. The Bertz CT molecular complexity index is 647. The molecule has 0 saturated carbocycles. The molecule has 0 aliphatic carbocycles. The quantitative estimate of drug-likeness (QED) is 0.871. The molecule has 0 spiro atoms. The molecule has 0 bridgehead atoms. The summed E-state index contributed by atoms with van der Waals surface area (Å²) in [5.74, 6) is -0.227. The molecule has 1 aliphatic heterocycles. The number of rotatable bonds is 4. The second-order valence-corrected chi connectivity index (χ2v) is 5.06. The molecule has 0 N–H and O–H groups in total. The molecule has 2 aromatic rings. The van der Waals surface area contributed by atoms with Crippen molar-refractivity contribution in [2.24, 2.45) is 0 Å². The van der Waals surface area contributed by atoms with Gasteiger partial charge in [-0.05, 0) is 17.7 Å². The Kier molecular flexibility index (Phi) is 4.34. The van der Waals surface area contributed by atoms with E-state index in [1.807, 2.05) is 30.3 Å². The van der Waals surface area contributed by atoms with Crippen LogP contribution >= 0.6 is 0 Å². The van der Waals surface area contributed by atoms with Crippen LogP contribution < -0.4 is 4.74 Å². The molecule has 3 rings (SSSR count). The van der Waals surface area contributed by atoms with E-state index in [9.17, 15) is 9.18 Å². The zero-order valence-electron chi connectivity index (χ0n) is 11.9. The molecule has 1 amide bonds. The summed E-state index contributed by atoms with van der Waals surface area (Å²) in [5.41, 5.74) is 1.05. The van der Waals surface area contributed by atoms with E-state index in [0.29, 0.717) is 12.3 Å². The number of carbonyl (C=O) groups excluding carboxylic acids is 1. The Balaban J connectivity index is 1.53. The molecular formula is C17H16FNO3. The van der Waals surface area contributed by atoms with Gasteiger partial charge in [-0.3, -0.25) is 4.79 Å². The molecule has 1 saturated heterocycles. The van der Waals surface area contributed by atoms with Crippen LogP contribution in [0.25, 0.3) is 0 Å². The first-order valence-corrected chi connectivity index (χ1v) is 7.05. The molecule has 5 heteroatoms. The van der Waals surface area contributed by atoms with Crippen LogP contribution in [0.15, 0.2) is 54.6 Å². The number of halogens is 1. The number of ether oxygens (including phenoxy) is 2. The zero-order chi connectivity index (χ0) is 15.4. The normalized spacial score (nSPS) is 17.5. The number of hydrogen-bond acceptors (Lipinski definition) is 3. The van der Waals surface area contributed by atoms with Crippen LogP contribution in [0.4, 0.5) is 4.39 Å². The predicted octanol–water partition coefficient (Wildman–Crippen LogP) is 2.76.